The second-order valence-corrected chi connectivity index (χ2v) is 10.4. The van der Waals surface area contributed by atoms with Crippen LogP contribution in [0.2, 0.25) is 0 Å². The van der Waals surface area contributed by atoms with Crippen molar-refractivity contribution in [1.82, 2.24) is 4.98 Å². The molecule has 0 bridgehead atoms. The maximum atomic E-state index is 13.2. The van der Waals surface area contributed by atoms with Gasteiger partial charge in [0.15, 0.2) is 10.9 Å². The molecule has 0 fully saturated rings. The number of carbonyl (C=O) groups excluding carboxylic acids is 2. The summed E-state index contributed by atoms with van der Waals surface area (Å²) in [5, 5.41) is 9.99. The third kappa shape index (κ3) is 4.84. The molecule has 1 aromatic carbocycles. The maximum Gasteiger partial charge on any atom is 0.273 e. The summed E-state index contributed by atoms with van der Waals surface area (Å²) >= 11 is 2.06. The minimum Gasteiger partial charge on any atom is -0.394 e. The number of hydrogen-bond acceptors (Lipinski definition) is 8. The molecule has 0 radical (unpaired) electrons. The summed E-state index contributed by atoms with van der Waals surface area (Å²) in [5.74, 6) is -0.186. The van der Waals surface area contributed by atoms with Gasteiger partial charge >= 0.3 is 0 Å². The van der Waals surface area contributed by atoms with Gasteiger partial charge in [0.05, 0.1) is 24.6 Å². The first-order valence-electron chi connectivity index (χ1n) is 8.56. The van der Waals surface area contributed by atoms with Crippen LogP contribution in [0.4, 0.5) is 5.69 Å². The molecular formula is C19H18N2O5S3. The van der Waals surface area contributed by atoms with E-state index in [2.05, 4.69) is 4.98 Å². The quantitative estimate of drug-likeness (QED) is 0.526. The molecule has 29 heavy (non-hydrogen) atoms. The lowest BCUT2D eigenvalue weighted by molar-refractivity contribution is -0.109. The van der Waals surface area contributed by atoms with Crippen molar-refractivity contribution in [2.24, 2.45) is 0 Å². The fraction of sp³-hybridized carbons (Fsp3) is 0.211. The Hall–Kier alpha value is -2.27. The average Bonchev–Trinajstić information content (AvgIpc) is 3.15. The molecule has 0 saturated heterocycles. The SMILES string of the molecule is CC(=O)SCC(=O)c1ccc(N(CCO)S(=O)(=O)c2cc3cnccc3s2)cc1. The zero-order valence-electron chi connectivity index (χ0n) is 15.4. The zero-order chi connectivity index (χ0) is 21.0. The molecule has 0 spiro atoms. The Bertz CT molecular complexity index is 1110. The number of thiophene rings is 1. The molecule has 152 valence electrons. The lowest BCUT2D eigenvalue weighted by atomic mass is 10.1. The lowest BCUT2D eigenvalue weighted by Crippen LogP contribution is -2.33. The highest BCUT2D eigenvalue weighted by atomic mass is 32.2. The fourth-order valence-electron chi connectivity index (χ4n) is 2.64. The Labute approximate surface area is 176 Å². The van der Waals surface area contributed by atoms with E-state index in [1.807, 2.05) is 0 Å². The molecule has 0 amide bonds. The summed E-state index contributed by atoms with van der Waals surface area (Å²) in [5.41, 5.74) is 0.724. The number of anilines is 1. The first kappa shape index (κ1) is 21.4. The Morgan fingerprint density at radius 1 is 1.21 bits per heavy atom. The largest absolute Gasteiger partial charge is 0.394 e. The molecule has 0 atom stereocenters. The number of thioether (sulfide) groups is 1. The van der Waals surface area contributed by atoms with Crippen molar-refractivity contribution in [1.29, 1.82) is 0 Å². The molecule has 10 heteroatoms. The Balaban J connectivity index is 1.90. The van der Waals surface area contributed by atoms with Gasteiger partial charge in [-0.15, -0.1) is 11.3 Å². The van der Waals surface area contributed by atoms with Gasteiger partial charge in [-0.3, -0.25) is 18.9 Å². The molecule has 0 aliphatic carbocycles. The van der Waals surface area contributed by atoms with Crippen LogP contribution in [0.5, 0.6) is 0 Å². The monoisotopic (exact) mass is 450 g/mol. The van der Waals surface area contributed by atoms with Crippen LogP contribution in [0.25, 0.3) is 10.1 Å². The molecule has 2 aromatic heterocycles. The number of carbonyl (C=O) groups is 2. The molecule has 0 aliphatic heterocycles. The van der Waals surface area contributed by atoms with Gasteiger partial charge in [-0.25, -0.2) is 8.42 Å². The second kappa shape index (κ2) is 9.04. The van der Waals surface area contributed by atoms with Crippen LogP contribution in [0.15, 0.2) is 53.0 Å². The molecule has 3 aromatic rings. The number of rotatable bonds is 8. The lowest BCUT2D eigenvalue weighted by Gasteiger charge is -2.23. The second-order valence-electron chi connectivity index (χ2n) is 6.03. The number of sulfonamides is 1. The molecular weight excluding hydrogens is 432 g/mol. The average molecular weight is 451 g/mol. The number of pyridine rings is 1. The maximum absolute atomic E-state index is 13.2. The van der Waals surface area contributed by atoms with Crippen LogP contribution < -0.4 is 4.31 Å². The predicted octanol–water partition coefficient (Wildman–Crippen LogP) is 2.95. The third-order valence-corrected chi connectivity index (χ3v) is 8.23. The number of fused-ring (bicyclic) bond motifs is 1. The van der Waals surface area contributed by atoms with Crippen molar-refractivity contribution in [3.8, 4) is 0 Å². The molecule has 0 unspecified atom stereocenters. The summed E-state index contributed by atoms with van der Waals surface area (Å²) in [6.07, 6.45) is 3.20. The van der Waals surface area contributed by atoms with Crippen molar-refractivity contribution in [3.05, 3.63) is 54.4 Å². The van der Waals surface area contributed by atoms with Gasteiger partial charge in [-0.2, -0.15) is 0 Å². The van der Waals surface area contributed by atoms with Crippen molar-refractivity contribution in [2.45, 2.75) is 11.1 Å². The number of aromatic nitrogens is 1. The van der Waals surface area contributed by atoms with Crippen LogP contribution in [0, 0.1) is 0 Å². The van der Waals surface area contributed by atoms with Crippen LogP contribution >= 0.6 is 23.1 Å². The number of hydrogen-bond donors (Lipinski definition) is 1. The van der Waals surface area contributed by atoms with E-state index in [9.17, 15) is 23.1 Å². The summed E-state index contributed by atoms with van der Waals surface area (Å²) in [6, 6.07) is 9.39. The van der Waals surface area contributed by atoms with Crippen molar-refractivity contribution in [3.63, 3.8) is 0 Å². The number of nitrogens with zero attached hydrogens (tertiary/aromatic N) is 2. The minimum atomic E-state index is -3.90. The van der Waals surface area contributed by atoms with Gasteiger partial charge < -0.3 is 5.11 Å². The van der Waals surface area contributed by atoms with E-state index in [0.29, 0.717) is 11.3 Å². The normalized spacial score (nSPS) is 11.5. The van der Waals surface area contributed by atoms with E-state index in [-0.39, 0.29) is 34.0 Å². The zero-order valence-corrected chi connectivity index (χ0v) is 17.9. The van der Waals surface area contributed by atoms with E-state index in [1.165, 1.54) is 31.2 Å². The topological polar surface area (TPSA) is 105 Å². The van der Waals surface area contributed by atoms with Crippen molar-refractivity contribution < 1.29 is 23.1 Å². The van der Waals surface area contributed by atoms with Gasteiger partial charge in [-0.1, -0.05) is 11.8 Å². The molecule has 0 saturated carbocycles. The van der Waals surface area contributed by atoms with Crippen LogP contribution in [0.1, 0.15) is 17.3 Å². The first-order valence-corrected chi connectivity index (χ1v) is 11.8. The summed E-state index contributed by atoms with van der Waals surface area (Å²) < 4.78 is 28.4. The highest BCUT2D eigenvalue weighted by Crippen LogP contribution is 2.32. The molecule has 3 rings (SSSR count). The Morgan fingerprint density at radius 2 is 1.93 bits per heavy atom. The number of aliphatic hydroxyl groups is 1. The Kier molecular flexibility index (Phi) is 6.68. The van der Waals surface area contributed by atoms with Crippen molar-refractivity contribution >= 4 is 59.8 Å². The predicted molar refractivity (Wildman–Crippen MR) is 115 cm³/mol. The Morgan fingerprint density at radius 3 is 2.55 bits per heavy atom. The molecule has 7 nitrogen and oxygen atoms in total. The fourth-order valence-corrected chi connectivity index (χ4v) is 6.08. The van der Waals surface area contributed by atoms with Gasteiger partial charge in [0.1, 0.15) is 4.21 Å². The molecule has 0 aliphatic rings. The van der Waals surface area contributed by atoms with E-state index in [4.69, 9.17) is 0 Å². The number of benzene rings is 1. The third-order valence-electron chi connectivity index (χ3n) is 4.03. The standard InChI is InChI=1S/C19H18N2O5S3/c1-13(23)27-12-17(24)14-2-4-16(5-3-14)21(8-9-22)29(25,26)19-10-15-11-20-7-6-18(15)28-19/h2-7,10-11,22H,8-9,12H2,1H3. The minimum absolute atomic E-state index is 0.0309. The smallest absolute Gasteiger partial charge is 0.273 e. The van der Waals surface area contributed by atoms with E-state index in [1.54, 1.807) is 24.5 Å². The number of Topliss-reactive ketones (excluding diaryl/α,β-unsaturated/α-hetero) is 1. The highest BCUT2D eigenvalue weighted by molar-refractivity contribution is 8.14. The van der Waals surface area contributed by atoms with E-state index < -0.39 is 10.0 Å². The van der Waals surface area contributed by atoms with Gasteiger partial charge in [0, 0.05) is 35.0 Å². The van der Waals surface area contributed by atoms with Crippen LogP contribution in [0.3, 0.4) is 0 Å². The molecule has 1 N–H and O–H groups in total. The van der Waals surface area contributed by atoms with Crippen molar-refractivity contribution in [2.75, 3.05) is 23.2 Å². The summed E-state index contributed by atoms with van der Waals surface area (Å²) in [7, 11) is -3.90. The van der Waals surface area contributed by atoms with Crippen LogP contribution in [-0.4, -0.2) is 48.3 Å². The summed E-state index contributed by atoms with van der Waals surface area (Å²) in [6.45, 7) is 0.909. The van der Waals surface area contributed by atoms with Gasteiger partial charge in [-0.05, 0) is 36.4 Å². The van der Waals surface area contributed by atoms with E-state index >= 15 is 0 Å². The first-order chi connectivity index (χ1) is 13.8. The van der Waals surface area contributed by atoms with Crippen LogP contribution in [-0.2, 0) is 14.8 Å². The number of aliphatic hydroxyl groups excluding tert-OH is 1. The van der Waals surface area contributed by atoms with E-state index in [0.717, 1.165) is 37.5 Å². The summed E-state index contributed by atoms with van der Waals surface area (Å²) in [4.78, 5) is 27.1. The van der Waals surface area contributed by atoms with Gasteiger partial charge in [0.2, 0.25) is 0 Å². The highest BCUT2D eigenvalue weighted by Gasteiger charge is 2.27. The number of ketones is 1. The molecule has 2 heterocycles. The van der Waals surface area contributed by atoms with Gasteiger partial charge in [0.25, 0.3) is 10.0 Å².